The van der Waals surface area contributed by atoms with Crippen molar-refractivity contribution in [2.45, 2.75) is 19.4 Å². The number of aromatic nitrogens is 2. The van der Waals surface area contributed by atoms with E-state index in [2.05, 4.69) is 32.3 Å². The normalized spacial score (nSPS) is 15.7. The van der Waals surface area contributed by atoms with Gasteiger partial charge >= 0.3 is 0 Å². The molecule has 0 spiro atoms. The molecule has 1 fully saturated rings. The highest BCUT2D eigenvalue weighted by Gasteiger charge is 2.28. The van der Waals surface area contributed by atoms with Crippen LogP contribution in [-0.2, 0) is 4.79 Å². The van der Waals surface area contributed by atoms with Gasteiger partial charge in [-0.1, -0.05) is 18.1 Å². The van der Waals surface area contributed by atoms with Crippen LogP contribution in [0.25, 0.3) is 10.9 Å². The summed E-state index contributed by atoms with van der Waals surface area (Å²) in [5.41, 5.74) is 3.38. The van der Waals surface area contributed by atoms with Crippen LogP contribution in [0.2, 0.25) is 0 Å². The molecule has 7 heteroatoms. The number of likely N-dealkylation sites (tertiary alicyclic amines) is 1. The zero-order valence-electron chi connectivity index (χ0n) is 17.9. The van der Waals surface area contributed by atoms with E-state index in [0.717, 1.165) is 30.4 Å². The van der Waals surface area contributed by atoms with Crippen molar-refractivity contribution in [1.82, 2.24) is 20.0 Å². The Morgan fingerprint density at radius 3 is 2.74 bits per heavy atom. The summed E-state index contributed by atoms with van der Waals surface area (Å²) < 4.78 is 0. The number of benzene rings is 2. The fraction of sp³-hybridized carbons (Fsp3) is 0.292. The molecule has 1 aliphatic rings. The molecule has 2 amide bonds. The minimum Gasteiger partial charge on any atom is -0.337 e. The summed E-state index contributed by atoms with van der Waals surface area (Å²) >= 11 is 0. The Labute approximate surface area is 181 Å². The number of carbonyl (C=O) groups is 2. The molecule has 158 valence electrons. The van der Waals surface area contributed by atoms with Crippen LogP contribution in [0.3, 0.4) is 0 Å². The molecule has 3 aromatic rings. The van der Waals surface area contributed by atoms with Crippen LogP contribution in [0, 0.1) is 11.8 Å². The molecule has 0 unspecified atom stereocenters. The first kappa shape index (κ1) is 20.6. The van der Waals surface area contributed by atoms with Crippen LogP contribution in [0.15, 0.2) is 42.5 Å². The van der Waals surface area contributed by atoms with Gasteiger partial charge < -0.3 is 15.1 Å². The summed E-state index contributed by atoms with van der Waals surface area (Å²) in [5.74, 6) is 6.05. The van der Waals surface area contributed by atoms with Gasteiger partial charge in [0.1, 0.15) is 5.69 Å². The van der Waals surface area contributed by atoms with Gasteiger partial charge in [-0.3, -0.25) is 14.7 Å². The van der Waals surface area contributed by atoms with Gasteiger partial charge in [0.25, 0.3) is 5.91 Å². The minimum atomic E-state index is -0.152. The summed E-state index contributed by atoms with van der Waals surface area (Å²) in [7, 11) is 4.09. The maximum atomic E-state index is 13.0. The Hall–Kier alpha value is -3.63. The Morgan fingerprint density at radius 2 is 2.00 bits per heavy atom. The number of H-pyrrole nitrogens is 1. The molecule has 0 aliphatic carbocycles. The summed E-state index contributed by atoms with van der Waals surface area (Å²) in [5, 5.41) is 10.9. The number of rotatable bonds is 3. The van der Waals surface area contributed by atoms with Crippen molar-refractivity contribution in [1.29, 1.82) is 0 Å². The van der Waals surface area contributed by atoms with Crippen LogP contribution in [0.5, 0.6) is 0 Å². The van der Waals surface area contributed by atoms with Crippen LogP contribution >= 0.6 is 0 Å². The number of carbonyl (C=O) groups excluding carboxylic acids is 2. The molecular formula is C24H25N5O2. The van der Waals surface area contributed by atoms with E-state index in [1.54, 1.807) is 0 Å². The lowest BCUT2D eigenvalue weighted by molar-refractivity contribution is -0.114. The molecule has 2 heterocycles. The standard InChI is InChI=1S/C24H25N5O2/c1-16(30)25-21-7-5-4-6-17(21)8-10-22-20-14-18(9-11-23(20)27-26-22)24(31)29-13-12-19(15-29)28(2)3/h4-7,9,11,14,19H,12-13,15H2,1-3H3,(H,25,30)(H,26,27)/t19-/m1/s1. The van der Waals surface area contributed by atoms with Crippen molar-refractivity contribution >= 4 is 28.4 Å². The zero-order valence-corrected chi connectivity index (χ0v) is 17.9. The van der Waals surface area contributed by atoms with E-state index >= 15 is 0 Å². The van der Waals surface area contributed by atoms with Gasteiger partial charge in [0.2, 0.25) is 5.91 Å². The fourth-order valence-corrected chi connectivity index (χ4v) is 3.79. The first-order chi connectivity index (χ1) is 14.9. The third-order valence-electron chi connectivity index (χ3n) is 5.54. The largest absolute Gasteiger partial charge is 0.337 e. The topological polar surface area (TPSA) is 81.3 Å². The molecule has 0 radical (unpaired) electrons. The highest BCUT2D eigenvalue weighted by molar-refractivity contribution is 5.99. The van der Waals surface area contributed by atoms with E-state index in [1.165, 1.54) is 6.92 Å². The number of amides is 2. The number of likely N-dealkylation sites (N-methyl/N-ethyl adjacent to an activating group) is 1. The second-order valence-electron chi connectivity index (χ2n) is 7.97. The number of fused-ring (bicyclic) bond motifs is 1. The average Bonchev–Trinajstić information content (AvgIpc) is 3.39. The maximum absolute atomic E-state index is 13.0. The van der Waals surface area contributed by atoms with Crippen LogP contribution < -0.4 is 5.32 Å². The second kappa shape index (κ2) is 8.62. The third kappa shape index (κ3) is 4.44. The molecule has 1 saturated heterocycles. The number of para-hydroxylation sites is 1. The molecule has 1 aliphatic heterocycles. The van der Waals surface area contributed by atoms with Crippen LogP contribution in [-0.4, -0.2) is 65.0 Å². The molecule has 2 aromatic carbocycles. The number of hydrogen-bond donors (Lipinski definition) is 2. The van der Waals surface area contributed by atoms with E-state index in [-0.39, 0.29) is 11.8 Å². The van der Waals surface area contributed by atoms with Crippen molar-refractivity contribution in [3.63, 3.8) is 0 Å². The predicted molar refractivity (Wildman–Crippen MR) is 121 cm³/mol. The molecule has 0 saturated carbocycles. The lowest BCUT2D eigenvalue weighted by Gasteiger charge is -2.20. The molecule has 1 aromatic heterocycles. The van der Waals surface area contributed by atoms with Gasteiger partial charge in [0.05, 0.1) is 11.2 Å². The molecule has 2 N–H and O–H groups in total. The number of nitrogens with one attached hydrogen (secondary N) is 2. The number of anilines is 1. The average molecular weight is 415 g/mol. The van der Waals surface area contributed by atoms with Gasteiger partial charge in [-0.25, -0.2) is 0 Å². The van der Waals surface area contributed by atoms with Crippen molar-refractivity contribution < 1.29 is 9.59 Å². The summed E-state index contributed by atoms with van der Waals surface area (Å²) in [6.07, 6.45) is 0.983. The Kier molecular flexibility index (Phi) is 5.74. The van der Waals surface area contributed by atoms with E-state index in [9.17, 15) is 9.59 Å². The van der Waals surface area contributed by atoms with Gasteiger partial charge in [-0.15, -0.1) is 0 Å². The zero-order chi connectivity index (χ0) is 22.0. The van der Waals surface area contributed by atoms with E-state index in [0.29, 0.717) is 28.6 Å². The smallest absolute Gasteiger partial charge is 0.253 e. The van der Waals surface area contributed by atoms with Crippen LogP contribution in [0.4, 0.5) is 5.69 Å². The lowest BCUT2D eigenvalue weighted by atomic mass is 10.1. The highest BCUT2D eigenvalue weighted by atomic mass is 16.2. The van der Waals surface area contributed by atoms with Crippen molar-refractivity contribution in [2.24, 2.45) is 0 Å². The minimum absolute atomic E-state index is 0.0300. The van der Waals surface area contributed by atoms with Crippen molar-refractivity contribution in [2.75, 3.05) is 32.5 Å². The van der Waals surface area contributed by atoms with Gasteiger partial charge in [-0.2, -0.15) is 5.10 Å². The number of nitrogens with zero attached hydrogens (tertiary/aromatic N) is 3. The van der Waals surface area contributed by atoms with E-state index < -0.39 is 0 Å². The monoisotopic (exact) mass is 415 g/mol. The maximum Gasteiger partial charge on any atom is 0.253 e. The Bertz CT molecular complexity index is 1200. The van der Waals surface area contributed by atoms with Crippen LogP contribution in [0.1, 0.15) is 35.0 Å². The Morgan fingerprint density at radius 1 is 1.19 bits per heavy atom. The fourth-order valence-electron chi connectivity index (χ4n) is 3.79. The summed E-state index contributed by atoms with van der Waals surface area (Å²) in [4.78, 5) is 28.5. The van der Waals surface area contributed by atoms with E-state index in [1.807, 2.05) is 61.5 Å². The first-order valence-corrected chi connectivity index (χ1v) is 10.2. The lowest BCUT2D eigenvalue weighted by Crippen LogP contribution is -2.34. The van der Waals surface area contributed by atoms with Gasteiger partial charge in [-0.05, 0) is 56.8 Å². The molecule has 31 heavy (non-hydrogen) atoms. The van der Waals surface area contributed by atoms with Gasteiger partial charge in [0, 0.05) is 42.6 Å². The first-order valence-electron chi connectivity index (χ1n) is 10.2. The number of aromatic amines is 1. The molecule has 1 atom stereocenters. The summed E-state index contributed by atoms with van der Waals surface area (Å²) in [6, 6.07) is 13.3. The SMILES string of the molecule is CC(=O)Nc1ccccc1C#Cc1n[nH]c2ccc(C(=O)N3CC[C@@H](N(C)C)C3)cc12. The predicted octanol–water partition coefficient (Wildman–Crippen LogP) is 2.70. The second-order valence-corrected chi connectivity index (χ2v) is 7.97. The molecule has 0 bridgehead atoms. The molecular weight excluding hydrogens is 390 g/mol. The number of hydrogen-bond acceptors (Lipinski definition) is 4. The quantitative estimate of drug-likeness (QED) is 0.645. The molecule has 4 rings (SSSR count). The molecule has 7 nitrogen and oxygen atoms in total. The van der Waals surface area contributed by atoms with E-state index in [4.69, 9.17) is 0 Å². The van der Waals surface area contributed by atoms with Gasteiger partial charge in [0.15, 0.2) is 0 Å². The highest BCUT2D eigenvalue weighted by Crippen LogP contribution is 2.21. The van der Waals surface area contributed by atoms with Crippen molar-refractivity contribution in [3.05, 3.63) is 59.3 Å². The van der Waals surface area contributed by atoms with Crippen molar-refractivity contribution in [3.8, 4) is 11.8 Å². The third-order valence-corrected chi connectivity index (χ3v) is 5.54. The summed E-state index contributed by atoms with van der Waals surface area (Å²) in [6.45, 7) is 2.96. The Balaban J connectivity index is 1.62.